The van der Waals surface area contributed by atoms with Gasteiger partial charge in [-0.2, -0.15) is 5.26 Å². The maximum Gasteiger partial charge on any atom is 0.241 e. The highest BCUT2D eigenvalue weighted by molar-refractivity contribution is 5.96. The maximum atomic E-state index is 12.1. The van der Waals surface area contributed by atoms with E-state index in [4.69, 9.17) is 5.26 Å². The highest BCUT2D eigenvalue weighted by Gasteiger charge is 2.24. The second-order valence-corrected chi connectivity index (χ2v) is 6.34. The summed E-state index contributed by atoms with van der Waals surface area (Å²) < 4.78 is 0. The molecule has 0 spiro atoms. The molecule has 0 aliphatic carbocycles. The summed E-state index contributed by atoms with van der Waals surface area (Å²) in [6.45, 7) is 4.14. The van der Waals surface area contributed by atoms with Crippen LogP contribution in [0.1, 0.15) is 44.6 Å². The normalized spacial score (nSPS) is 21.2. The number of piperidine rings is 1. The van der Waals surface area contributed by atoms with E-state index in [1.165, 1.54) is 30.5 Å². The molecule has 0 saturated carbocycles. The van der Waals surface area contributed by atoms with Crippen molar-refractivity contribution in [1.82, 2.24) is 0 Å². The zero-order valence-electron chi connectivity index (χ0n) is 13.2. The van der Waals surface area contributed by atoms with Crippen molar-refractivity contribution in [3.8, 4) is 6.07 Å². The summed E-state index contributed by atoms with van der Waals surface area (Å²) in [6.07, 6.45) is 5.78. The van der Waals surface area contributed by atoms with Crippen LogP contribution in [0.25, 0.3) is 0 Å². The first kappa shape index (κ1) is 14.9. The molecule has 1 aromatic carbocycles. The third-order valence-corrected chi connectivity index (χ3v) is 4.85. The van der Waals surface area contributed by atoms with Crippen molar-refractivity contribution < 1.29 is 4.79 Å². The van der Waals surface area contributed by atoms with Gasteiger partial charge in [0.2, 0.25) is 5.91 Å². The minimum Gasteiger partial charge on any atom is -0.369 e. The van der Waals surface area contributed by atoms with E-state index in [9.17, 15) is 4.79 Å². The maximum absolute atomic E-state index is 12.1. The van der Waals surface area contributed by atoms with Crippen LogP contribution in [0, 0.1) is 11.3 Å². The van der Waals surface area contributed by atoms with Gasteiger partial charge in [0.25, 0.3) is 0 Å². The molecule has 1 amide bonds. The Bertz CT molecular complexity index is 605. The lowest BCUT2D eigenvalue weighted by molar-refractivity contribution is -0.117. The number of carbonyl (C=O) groups excluding carboxylic acids is 1. The molecular weight excluding hydrogens is 274 g/mol. The molecule has 2 heterocycles. The van der Waals surface area contributed by atoms with Gasteiger partial charge in [0.1, 0.15) is 6.42 Å². The molecule has 22 heavy (non-hydrogen) atoms. The number of nitriles is 1. The summed E-state index contributed by atoms with van der Waals surface area (Å²) in [5, 5.41) is 8.75. The smallest absolute Gasteiger partial charge is 0.241 e. The number of nitrogens with zero attached hydrogens (tertiary/aromatic N) is 3. The lowest BCUT2D eigenvalue weighted by Crippen LogP contribution is -2.38. The van der Waals surface area contributed by atoms with Gasteiger partial charge in [0.15, 0.2) is 0 Å². The van der Waals surface area contributed by atoms with Gasteiger partial charge in [-0.25, -0.2) is 0 Å². The standard InChI is InChI=1S/C18H23N3O/c1-14-5-2-3-11-20(14)16-7-8-17-15(13-16)6-4-12-21(17)18(22)9-10-19/h7-8,13-14H,2-6,9,11-12H2,1H3. The van der Waals surface area contributed by atoms with Crippen LogP contribution < -0.4 is 9.80 Å². The Balaban J connectivity index is 1.87. The third-order valence-electron chi connectivity index (χ3n) is 4.85. The van der Waals surface area contributed by atoms with Crippen LogP contribution in [0.15, 0.2) is 18.2 Å². The summed E-state index contributed by atoms with van der Waals surface area (Å²) in [7, 11) is 0. The predicted molar refractivity (Wildman–Crippen MR) is 88.0 cm³/mol. The Labute approximate surface area is 132 Å². The molecule has 3 rings (SSSR count). The lowest BCUT2D eigenvalue weighted by Gasteiger charge is -2.37. The molecule has 1 aromatic rings. The van der Waals surface area contributed by atoms with Crippen molar-refractivity contribution in [2.24, 2.45) is 0 Å². The second-order valence-electron chi connectivity index (χ2n) is 6.34. The van der Waals surface area contributed by atoms with E-state index < -0.39 is 0 Å². The van der Waals surface area contributed by atoms with Crippen molar-refractivity contribution in [1.29, 1.82) is 5.26 Å². The van der Waals surface area contributed by atoms with Gasteiger partial charge in [0.05, 0.1) is 6.07 Å². The highest BCUT2D eigenvalue weighted by atomic mass is 16.2. The lowest BCUT2D eigenvalue weighted by atomic mass is 9.98. The van der Waals surface area contributed by atoms with Gasteiger partial charge in [0, 0.05) is 30.5 Å². The molecule has 1 saturated heterocycles. The SMILES string of the molecule is CC1CCCCN1c1ccc2c(c1)CCCN2C(=O)CC#N. The Morgan fingerprint density at radius 2 is 2.18 bits per heavy atom. The molecule has 116 valence electrons. The van der Waals surface area contributed by atoms with Gasteiger partial charge in [-0.3, -0.25) is 4.79 Å². The van der Waals surface area contributed by atoms with E-state index in [0.717, 1.165) is 31.6 Å². The first-order valence-corrected chi connectivity index (χ1v) is 8.27. The van der Waals surface area contributed by atoms with Crippen LogP contribution in [-0.2, 0) is 11.2 Å². The van der Waals surface area contributed by atoms with Crippen LogP contribution in [-0.4, -0.2) is 25.0 Å². The number of aryl methyl sites for hydroxylation is 1. The summed E-state index contributed by atoms with van der Waals surface area (Å²) >= 11 is 0. The summed E-state index contributed by atoms with van der Waals surface area (Å²) in [6, 6.07) is 9.01. The van der Waals surface area contributed by atoms with Crippen molar-refractivity contribution in [3.63, 3.8) is 0 Å². The van der Waals surface area contributed by atoms with Crippen LogP contribution in [0.5, 0.6) is 0 Å². The zero-order valence-corrected chi connectivity index (χ0v) is 13.2. The van der Waals surface area contributed by atoms with Crippen molar-refractivity contribution in [3.05, 3.63) is 23.8 Å². The molecule has 1 fully saturated rings. The number of benzene rings is 1. The van der Waals surface area contributed by atoms with Gasteiger partial charge in [-0.05, 0) is 62.8 Å². The molecule has 1 unspecified atom stereocenters. The quantitative estimate of drug-likeness (QED) is 0.842. The molecule has 0 bridgehead atoms. The number of carbonyl (C=O) groups is 1. The first-order chi connectivity index (χ1) is 10.7. The number of amides is 1. The van der Waals surface area contributed by atoms with Gasteiger partial charge >= 0.3 is 0 Å². The number of hydrogen-bond acceptors (Lipinski definition) is 3. The molecule has 0 radical (unpaired) electrons. The Hall–Kier alpha value is -2.02. The summed E-state index contributed by atoms with van der Waals surface area (Å²) in [4.78, 5) is 16.4. The number of anilines is 2. The first-order valence-electron chi connectivity index (χ1n) is 8.27. The average Bonchev–Trinajstić information content (AvgIpc) is 2.54. The number of rotatable bonds is 2. The fraction of sp³-hybridized carbons (Fsp3) is 0.556. The van der Waals surface area contributed by atoms with E-state index in [-0.39, 0.29) is 12.3 Å². The molecule has 2 aliphatic heterocycles. The minimum atomic E-state index is -0.0810. The van der Waals surface area contributed by atoms with E-state index in [1.807, 2.05) is 6.07 Å². The summed E-state index contributed by atoms with van der Waals surface area (Å²) in [5.41, 5.74) is 3.52. The van der Waals surface area contributed by atoms with E-state index >= 15 is 0 Å². The largest absolute Gasteiger partial charge is 0.369 e. The Morgan fingerprint density at radius 3 is 2.95 bits per heavy atom. The van der Waals surface area contributed by atoms with E-state index in [2.05, 4.69) is 30.0 Å². The zero-order chi connectivity index (χ0) is 15.5. The van der Waals surface area contributed by atoms with Gasteiger partial charge in [-0.1, -0.05) is 0 Å². The topological polar surface area (TPSA) is 47.3 Å². The fourth-order valence-corrected chi connectivity index (χ4v) is 3.67. The average molecular weight is 297 g/mol. The molecule has 4 heteroatoms. The van der Waals surface area contributed by atoms with Crippen molar-refractivity contribution in [2.45, 2.75) is 51.5 Å². The molecule has 0 aromatic heterocycles. The summed E-state index contributed by atoms with van der Waals surface area (Å²) in [5.74, 6) is -0.0810. The Morgan fingerprint density at radius 1 is 1.32 bits per heavy atom. The van der Waals surface area contributed by atoms with Gasteiger partial charge < -0.3 is 9.80 Å². The predicted octanol–water partition coefficient (Wildman–Crippen LogP) is 3.26. The molecule has 1 atom stereocenters. The van der Waals surface area contributed by atoms with Gasteiger partial charge in [-0.15, -0.1) is 0 Å². The Kier molecular flexibility index (Phi) is 4.33. The van der Waals surface area contributed by atoms with Crippen LogP contribution in [0.2, 0.25) is 0 Å². The van der Waals surface area contributed by atoms with Crippen LogP contribution >= 0.6 is 0 Å². The van der Waals surface area contributed by atoms with Crippen LogP contribution in [0.3, 0.4) is 0 Å². The fourth-order valence-electron chi connectivity index (χ4n) is 3.67. The van der Waals surface area contributed by atoms with E-state index in [0.29, 0.717) is 6.04 Å². The second kappa shape index (κ2) is 6.39. The molecular formula is C18H23N3O. The highest BCUT2D eigenvalue weighted by Crippen LogP contribution is 2.33. The molecule has 4 nitrogen and oxygen atoms in total. The molecule has 0 N–H and O–H groups in total. The van der Waals surface area contributed by atoms with Crippen LogP contribution in [0.4, 0.5) is 11.4 Å². The van der Waals surface area contributed by atoms with Crippen molar-refractivity contribution in [2.75, 3.05) is 22.9 Å². The number of hydrogen-bond donors (Lipinski definition) is 0. The monoisotopic (exact) mass is 297 g/mol. The minimum absolute atomic E-state index is 0.0374. The number of fused-ring (bicyclic) bond motifs is 1. The van der Waals surface area contributed by atoms with Crippen molar-refractivity contribution >= 4 is 17.3 Å². The molecule has 2 aliphatic rings. The van der Waals surface area contributed by atoms with E-state index in [1.54, 1.807) is 4.90 Å². The third kappa shape index (κ3) is 2.81.